The van der Waals surface area contributed by atoms with Crippen molar-refractivity contribution in [2.45, 2.75) is 13.0 Å². The summed E-state index contributed by atoms with van der Waals surface area (Å²) in [5.74, 6) is 2.85. The highest BCUT2D eigenvalue weighted by Gasteiger charge is 2.07. The maximum atomic E-state index is 10.2. The zero-order chi connectivity index (χ0) is 23.8. The van der Waals surface area contributed by atoms with Gasteiger partial charge in [-0.25, -0.2) is 0 Å². The van der Waals surface area contributed by atoms with E-state index < -0.39 is 0 Å². The van der Waals surface area contributed by atoms with Crippen molar-refractivity contribution in [3.05, 3.63) is 78.5 Å². The molecule has 0 amide bonds. The SMILES string of the molecule is COc1cccc(Oc2ccc3c(NCCCNCc4cccc(OC)c4O)ccnc3c2)c1. The molecule has 0 aliphatic carbocycles. The average molecular weight is 460 g/mol. The van der Waals surface area contributed by atoms with Gasteiger partial charge in [-0.3, -0.25) is 4.98 Å². The summed E-state index contributed by atoms with van der Waals surface area (Å²) in [7, 11) is 3.18. The van der Waals surface area contributed by atoms with Gasteiger partial charge in [-0.2, -0.15) is 0 Å². The molecule has 34 heavy (non-hydrogen) atoms. The number of benzene rings is 3. The fraction of sp³-hybridized carbons (Fsp3) is 0.222. The first kappa shape index (κ1) is 23.2. The predicted octanol–water partition coefficient (Wildman–Crippen LogP) is 5.34. The molecule has 7 nitrogen and oxygen atoms in total. The molecule has 0 aliphatic heterocycles. The molecule has 7 heteroatoms. The number of phenols is 1. The van der Waals surface area contributed by atoms with Gasteiger partial charge in [0, 0.05) is 48.1 Å². The van der Waals surface area contributed by atoms with Gasteiger partial charge in [0.05, 0.1) is 19.7 Å². The first-order valence-corrected chi connectivity index (χ1v) is 11.2. The van der Waals surface area contributed by atoms with Crippen molar-refractivity contribution >= 4 is 16.6 Å². The number of hydrogen-bond acceptors (Lipinski definition) is 7. The number of nitrogens with one attached hydrogen (secondary N) is 2. The molecule has 0 saturated heterocycles. The van der Waals surface area contributed by atoms with E-state index in [0.29, 0.717) is 18.0 Å². The van der Waals surface area contributed by atoms with Crippen LogP contribution in [0.3, 0.4) is 0 Å². The third kappa shape index (κ3) is 5.68. The Bertz CT molecular complexity index is 1250. The van der Waals surface area contributed by atoms with Crippen LogP contribution < -0.4 is 24.8 Å². The maximum absolute atomic E-state index is 10.2. The van der Waals surface area contributed by atoms with E-state index in [4.69, 9.17) is 14.2 Å². The Morgan fingerprint density at radius 2 is 1.68 bits per heavy atom. The number of ether oxygens (including phenoxy) is 3. The second-order valence-corrected chi connectivity index (χ2v) is 7.74. The van der Waals surface area contributed by atoms with Gasteiger partial charge < -0.3 is 30.0 Å². The largest absolute Gasteiger partial charge is 0.504 e. The summed E-state index contributed by atoms with van der Waals surface area (Å²) < 4.78 is 16.4. The fourth-order valence-electron chi connectivity index (χ4n) is 3.68. The van der Waals surface area contributed by atoms with E-state index in [9.17, 15) is 5.11 Å². The number of nitrogens with zero attached hydrogens (tertiary/aromatic N) is 1. The smallest absolute Gasteiger partial charge is 0.162 e. The van der Waals surface area contributed by atoms with Gasteiger partial charge >= 0.3 is 0 Å². The van der Waals surface area contributed by atoms with Crippen LogP contribution in [0.5, 0.6) is 28.7 Å². The van der Waals surface area contributed by atoms with Crippen LogP contribution in [0.4, 0.5) is 5.69 Å². The molecular weight excluding hydrogens is 430 g/mol. The van der Waals surface area contributed by atoms with E-state index in [1.54, 1.807) is 26.5 Å². The third-order valence-corrected chi connectivity index (χ3v) is 5.45. The van der Waals surface area contributed by atoms with E-state index in [1.807, 2.05) is 60.7 Å². The Morgan fingerprint density at radius 1 is 0.853 bits per heavy atom. The van der Waals surface area contributed by atoms with Gasteiger partial charge in [0.2, 0.25) is 0 Å². The lowest BCUT2D eigenvalue weighted by molar-refractivity contribution is 0.369. The van der Waals surface area contributed by atoms with Gasteiger partial charge in [-0.15, -0.1) is 0 Å². The van der Waals surface area contributed by atoms with Gasteiger partial charge in [-0.1, -0.05) is 18.2 Å². The summed E-state index contributed by atoms with van der Waals surface area (Å²) in [6.07, 6.45) is 2.72. The highest BCUT2D eigenvalue weighted by molar-refractivity contribution is 5.91. The number of methoxy groups -OCH3 is 2. The molecule has 0 aliphatic rings. The normalized spacial score (nSPS) is 10.8. The first-order chi connectivity index (χ1) is 16.7. The summed E-state index contributed by atoms with van der Waals surface area (Å²) in [6, 6.07) is 20.9. The minimum Gasteiger partial charge on any atom is -0.504 e. The van der Waals surface area contributed by atoms with E-state index in [0.717, 1.165) is 53.2 Å². The highest BCUT2D eigenvalue weighted by Crippen LogP contribution is 2.30. The van der Waals surface area contributed by atoms with Crippen LogP contribution >= 0.6 is 0 Å². The van der Waals surface area contributed by atoms with Gasteiger partial charge in [0.25, 0.3) is 0 Å². The number of aromatic hydroxyl groups is 1. The van der Waals surface area contributed by atoms with Crippen molar-refractivity contribution < 1.29 is 19.3 Å². The van der Waals surface area contributed by atoms with Crippen LogP contribution in [0.25, 0.3) is 10.9 Å². The second-order valence-electron chi connectivity index (χ2n) is 7.74. The number of phenolic OH excluding ortho intramolecular Hbond substituents is 1. The predicted molar refractivity (Wildman–Crippen MR) is 134 cm³/mol. The zero-order valence-electron chi connectivity index (χ0n) is 19.4. The number of fused-ring (bicyclic) bond motifs is 1. The van der Waals surface area contributed by atoms with Crippen molar-refractivity contribution in [1.82, 2.24) is 10.3 Å². The molecule has 4 aromatic rings. The lowest BCUT2D eigenvalue weighted by atomic mass is 10.1. The topological polar surface area (TPSA) is 84.9 Å². The van der Waals surface area contributed by atoms with Crippen molar-refractivity contribution in [3.63, 3.8) is 0 Å². The summed E-state index contributed by atoms with van der Waals surface area (Å²) in [4.78, 5) is 4.50. The summed E-state index contributed by atoms with van der Waals surface area (Å²) in [5, 5.41) is 18.1. The fourth-order valence-corrected chi connectivity index (χ4v) is 3.68. The molecule has 0 fully saturated rings. The lowest BCUT2D eigenvalue weighted by Gasteiger charge is -2.12. The standard InChI is InChI=1S/C27H29N3O4/c1-32-20-7-4-8-21(16-20)34-22-10-11-23-24(12-15-30-25(23)17-22)29-14-5-13-28-18-19-6-3-9-26(33-2)27(19)31/h3-4,6-12,15-17,28,31H,5,13-14,18H2,1-2H3,(H,29,30). The van der Waals surface area contributed by atoms with E-state index in [1.165, 1.54) is 0 Å². The molecule has 0 bridgehead atoms. The number of hydrogen-bond donors (Lipinski definition) is 3. The minimum absolute atomic E-state index is 0.189. The van der Waals surface area contributed by atoms with E-state index >= 15 is 0 Å². The Morgan fingerprint density at radius 3 is 2.53 bits per heavy atom. The quantitative estimate of drug-likeness (QED) is 0.261. The lowest BCUT2D eigenvalue weighted by Crippen LogP contribution is -2.17. The van der Waals surface area contributed by atoms with Crippen LogP contribution in [-0.4, -0.2) is 37.4 Å². The molecule has 0 saturated carbocycles. The zero-order valence-corrected chi connectivity index (χ0v) is 19.4. The molecular formula is C27H29N3O4. The molecule has 0 atom stereocenters. The third-order valence-electron chi connectivity index (χ3n) is 5.45. The average Bonchev–Trinajstić information content (AvgIpc) is 2.87. The number of rotatable bonds is 11. The Hall–Kier alpha value is -3.97. The summed E-state index contributed by atoms with van der Waals surface area (Å²) in [6.45, 7) is 2.20. The Kier molecular flexibility index (Phi) is 7.67. The number of aromatic nitrogens is 1. The van der Waals surface area contributed by atoms with Gasteiger partial charge in [0.1, 0.15) is 17.2 Å². The Labute approximate surface area is 199 Å². The molecule has 0 spiro atoms. The highest BCUT2D eigenvalue weighted by atomic mass is 16.5. The molecule has 176 valence electrons. The molecule has 0 radical (unpaired) electrons. The molecule has 4 rings (SSSR count). The number of pyridine rings is 1. The molecule has 3 N–H and O–H groups in total. The number of anilines is 1. The van der Waals surface area contributed by atoms with Crippen molar-refractivity contribution in [2.24, 2.45) is 0 Å². The Balaban J connectivity index is 1.30. The van der Waals surface area contributed by atoms with Gasteiger partial charge in [0.15, 0.2) is 11.5 Å². The van der Waals surface area contributed by atoms with E-state index in [2.05, 4.69) is 15.6 Å². The number of para-hydroxylation sites is 1. The summed E-state index contributed by atoms with van der Waals surface area (Å²) in [5.41, 5.74) is 2.71. The van der Waals surface area contributed by atoms with Crippen LogP contribution in [0, 0.1) is 0 Å². The van der Waals surface area contributed by atoms with Gasteiger partial charge in [-0.05, 0) is 49.4 Å². The minimum atomic E-state index is 0.189. The summed E-state index contributed by atoms with van der Waals surface area (Å²) >= 11 is 0. The van der Waals surface area contributed by atoms with E-state index in [-0.39, 0.29) is 5.75 Å². The van der Waals surface area contributed by atoms with Crippen LogP contribution in [-0.2, 0) is 6.54 Å². The molecule has 1 heterocycles. The molecule has 0 unspecified atom stereocenters. The maximum Gasteiger partial charge on any atom is 0.162 e. The molecule has 3 aromatic carbocycles. The van der Waals surface area contributed by atoms with Crippen LogP contribution in [0.2, 0.25) is 0 Å². The van der Waals surface area contributed by atoms with Crippen LogP contribution in [0.15, 0.2) is 72.9 Å². The first-order valence-electron chi connectivity index (χ1n) is 11.2. The van der Waals surface area contributed by atoms with Crippen molar-refractivity contribution in [3.8, 4) is 28.7 Å². The van der Waals surface area contributed by atoms with Crippen molar-refractivity contribution in [2.75, 3.05) is 32.6 Å². The van der Waals surface area contributed by atoms with Crippen LogP contribution in [0.1, 0.15) is 12.0 Å². The monoisotopic (exact) mass is 459 g/mol. The van der Waals surface area contributed by atoms with Crippen molar-refractivity contribution in [1.29, 1.82) is 0 Å². The molecule has 1 aromatic heterocycles. The second kappa shape index (κ2) is 11.2.